The van der Waals surface area contributed by atoms with Gasteiger partial charge in [-0.1, -0.05) is 0 Å². The molecule has 9 nitrogen and oxygen atoms in total. The summed E-state index contributed by atoms with van der Waals surface area (Å²) in [7, 11) is 0. The van der Waals surface area contributed by atoms with E-state index in [4.69, 9.17) is 5.11 Å². The van der Waals surface area contributed by atoms with Gasteiger partial charge in [-0.15, -0.1) is 20.1 Å². The van der Waals surface area contributed by atoms with Crippen LogP contribution in [0.2, 0.25) is 0 Å². The van der Waals surface area contributed by atoms with Gasteiger partial charge in [0.05, 0.1) is 12.2 Å². The van der Waals surface area contributed by atoms with Crippen molar-refractivity contribution in [3.05, 3.63) is 24.2 Å². The molecule has 9 heteroatoms. The summed E-state index contributed by atoms with van der Waals surface area (Å²) in [5.74, 6) is 0.413. The fourth-order valence-electron chi connectivity index (χ4n) is 0.992. The van der Waals surface area contributed by atoms with E-state index in [1.807, 2.05) is 0 Å². The van der Waals surface area contributed by atoms with Crippen LogP contribution in [0.4, 0.5) is 4.79 Å². The van der Waals surface area contributed by atoms with Crippen LogP contribution in [0.15, 0.2) is 18.5 Å². The zero-order valence-corrected chi connectivity index (χ0v) is 7.98. The number of nitrogens with zero attached hydrogens (tertiary/aromatic N) is 6. The second kappa shape index (κ2) is 4.29. The van der Waals surface area contributed by atoms with Crippen molar-refractivity contribution in [2.24, 2.45) is 0 Å². The largest absolute Gasteiger partial charge is 0.465 e. The molecule has 2 aromatic heterocycles. The quantitative estimate of drug-likeness (QED) is 0.697. The van der Waals surface area contributed by atoms with Crippen molar-refractivity contribution in [1.29, 1.82) is 0 Å². The molecule has 2 N–H and O–H groups in total. The number of aromatic nitrogens is 6. The van der Waals surface area contributed by atoms with Gasteiger partial charge in [-0.3, -0.25) is 0 Å². The van der Waals surface area contributed by atoms with Crippen LogP contribution in [0.1, 0.15) is 5.69 Å². The van der Waals surface area contributed by atoms with Gasteiger partial charge in [-0.05, 0) is 17.3 Å². The van der Waals surface area contributed by atoms with E-state index in [1.54, 1.807) is 12.1 Å². The molecule has 82 valence electrons. The molecule has 16 heavy (non-hydrogen) atoms. The first-order valence-corrected chi connectivity index (χ1v) is 4.28. The van der Waals surface area contributed by atoms with Crippen LogP contribution in [-0.2, 0) is 6.54 Å². The maximum absolute atomic E-state index is 10.2. The SMILES string of the molecule is O=C(O)NCc1ccc(-n2ncnn2)nn1. The minimum atomic E-state index is -1.11. The number of hydrogen-bond acceptors (Lipinski definition) is 6. The standard InChI is InChI=1S/C7H7N7O2/c15-7(16)8-3-5-1-2-6(12-11-5)14-10-4-9-13-14/h1-2,4,8H,3H2,(H,15,16). The van der Waals surface area contributed by atoms with Crippen LogP contribution in [0.5, 0.6) is 0 Å². The van der Waals surface area contributed by atoms with E-state index in [2.05, 4.69) is 30.9 Å². The van der Waals surface area contributed by atoms with Crippen LogP contribution in [0.3, 0.4) is 0 Å². The summed E-state index contributed by atoms with van der Waals surface area (Å²) in [4.78, 5) is 11.4. The van der Waals surface area contributed by atoms with Gasteiger partial charge in [-0.25, -0.2) is 4.79 Å². The third-order valence-electron chi connectivity index (χ3n) is 1.68. The van der Waals surface area contributed by atoms with E-state index >= 15 is 0 Å². The highest BCUT2D eigenvalue weighted by Gasteiger charge is 2.02. The Labute approximate surface area is 89.1 Å². The fourth-order valence-corrected chi connectivity index (χ4v) is 0.992. The molecule has 0 radical (unpaired) electrons. The maximum atomic E-state index is 10.2. The predicted octanol–water partition coefficient (Wildman–Crippen LogP) is -0.780. The third kappa shape index (κ3) is 2.26. The molecule has 0 saturated carbocycles. The Bertz CT molecular complexity index is 466. The highest BCUT2D eigenvalue weighted by molar-refractivity contribution is 5.64. The third-order valence-corrected chi connectivity index (χ3v) is 1.68. The summed E-state index contributed by atoms with van der Waals surface area (Å²) in [6.45, 7) is 0.105. The zero-order chi connectivity index (χ0) is 11.4. The number of hydrogen-bond donors (Lipinski definition) is 2. The molecule has 2 heterocycles. The first-order chi connectivity index (χ1) is 7.75. The molecule has 0 bridgehead atoms. The Kier molecular flexibility index (Phi) is 2.67. The fraction of sp³-hybridized carbons (Fsp3) is 0.143. The number of nitrogens with one attached hydrogen (secondary N) is 1. The minimum Gasteiger partial charge on any atom is -0.465 e. The predicted molar refractivity (Wildman–Crippen MR) is 49.6 cm³/mol. The highest BCUT2D eigenvalue weighted by atomic mass is 16.4. The van der Waals surface area contributed by atoms with Crippen LogP contribution >= 0.6 is 0 Å². The van der Waals surface area contributed by atoms with Gasteiger partial charge in [0, 0.05) is 0 Å². The van der Waals surface area contributed by atoms with Crippen molar-refractivity contribution in [3.8, 4) is 5.82 Å². The van der Waals surface area contributed by atoms with Gasteiger partial charge in [0.15, 0.2) is 12.1 Å². The lowest BCUT2D eigenvalue weighted by Crippen LogP contribution is -2.21. The molecule has 2 rings (SSSR count). The molecule has 0 atom stereocenters. The van der Waals surface area contributed by atoms with Crippen molar-refractivity contribution in [2.75, 3.05) is 0 Å². The Balaban J connectivity index is 2.08. The van der Waals surface area contributed by atoms with Crippen LogP contribution in [0, 0.1) is 0 Å². The van der Waals surface area contributed by atoms with E-state index in [1.165, 1.54) is 11.1 Å². The van der Waals surface area contributed by atoms with Crippen molar-refractivity contribution < 1.29 is 9.90 Å². The van der Waals surface area contributed by atoms with Crippen molar-refractivity contribution in [2.45, 2.75) is 6.54 Å². The Morgan fingerprint density at radius 2 is 2.31 bits per heavy atom. The number of carboxylic acid groups (broad SMARTS) is 1. The summed E-state index contributed by atoms with van der Waals surface area (Å²) in [6.07, 6.45) is 0.172. The molecule has 0 unspecified atom stereocenters. The summed E-state index contributed by atoms with van der Waals surface area (Å²) in [5.41, 5.74) is 0.506. The Hall–Kier alpha value is -2.58. The van der Waals surface area contributed by atoms with Crippen LogP contribution < -0.4 is 5.32 Å². The molecule has 0 aromatic carbocycles. The van der Waals surface area contributed by atoms with Gasteiger partial charge in [0.1, 0.15) is 0 Å². The molecule has 0 aliphatic rings. The molecule has 0 fully saturated rings. The summed E-state index contributed by atoms with van der Waals surface area (Å²) in [6, 6.07) is 3.25. The second-order valence-electron chi connectivity index (χ2n) is 2.77. The molecular weight excluding hydrogens is 214 g/mol. The smallest absolute Gasteiger partial charge is 0.404 e. The molecule has 1 amide bonds. The van der Waals surface area contributed by atoms with E-state index in [9.17, 15) is 4.79 Å². The van der Waals surface area contributed by atoms with Gasteiger partial charge in [0.2, 0.25) is 0 Å². The Morgan fingerprint density at radius 3 is 2.88 bits per heavy atom. The van der Waals surface area contributed by atoms with Crippen molar-refractivity contribution in [1.82, 2.24) is 35.7 Å². The molecule has 0 aliphatic heterocycles. The first kappa shape index (κ1) is 9.96. The summed E-state index contributed by atoms with van der Waals surface area (Å²) < 4.78 is 0. The van der Waals surface area contributed by atoms with E-state index in [0.717, 1.165) is 0 Å². The van der Waals surface area contributed by atoms with Crippen molar-refractivity contribution >= 4 is 6.09 Å². The molecule has 0 aliphatic carbocycles. The first-order valence-electron chi connectivity index (χ1n) is 4.28. The zero-order valence-electron chi connectivity index (χ0n) is 7.98. The molecule has 0 spiro atoms. The van der Waals surface area contributed by atoms with Gasteiger partial charge >= 0.3 is 6.09 Å². The topological polar surface area (TPSA) is 119 Å². The minimum absolute atomic E-state index is 0.105. The Morgan fingerprint density at radius 1 is 1.44 bits per heavy atom. The average Bonchev–Trinajstić information content (AvgIpc) is 2.80. The number of carbonyl (C=O) groups is 1. The molecular formula is C7H7N7O2. The lowest BCUT2D eigenvalue weighted by molar-refractivity contribution is 0.194. The lowest BCUT2D eigenvalue weighted by atomic mass is 10.4. The van der Waals surface area contributed by atoms with E-state index in [0.29, 0.717) is 11.5 Å². The number of tetrazole rings is 1. The van der Waals surface area contributed by atoms with E-state index in [-0.39, 0.29) is 6.54 Å². The van der Waals surface area contributed by atoms with Crippen molar-refractivity contribution in [3.63, 3.8) is 0 Å². The second-order valence-corrected chi connectivity index (χ2v) is 2.77. The number of amides is 1. The van der Waals surface area contributed by atoms with E-state index < -0.39 is 6.09 Å². The lowest BCUT2D eigenvalue weighted by Gasteiger charge is -2.00. The summed E-state index contributed by atoms with van der Waals surface area (Å²) in [5, 5.41) is 29.1. The summed E-state index contributed by atoms with van der Waals surface area (Å²) >= 11 is 0. The van der Waals surface area contributed by atoms with Gasteiger partial charge in [-0.2, -0.15) is 5.10 Å². The molecule has 2 aromatic rings. The van der Waals surface area contributed by atoms with Gasteiger partial charge < -0.3 is 10.4 Å². The molecule has 0 saturated heterocycles. The average molecular weight is 221 g/mol. The normalized spacial score (nSPS) is 10.0. The monoisotopic (exact) mass is 221 g/mol. The highest BCUT2D eigenvalue weighted by Crippen LogP contribution is 1.98. The van der Waals surface area contributed by atoms with Gasteiger partial charge in [0.25, 0.3) is 0 Å². The maximum Gasteiger partial charge on any atom is 0.404 e. The van der Waals surface area contributed by atoms with Crippen LogP contribution in [0.25, 0.3) is 5.82 Å². The number of rotatable bonds is 3. The van der Waals surface area contributed by atoms with Crippen LogP contribution in [-0.4, -0.2) is 41.6 Å².